The minimum absolute atomic E-state index is 0. The predicted octanol–water partition coefficient (Wildman–Crippen LogP) is 4.06. The highest BCUT2D eigenvalue weighted by Crippen LogP contribution is 2.27. The fraction of sp³-hybridized carbons (Fsp3) is 0.647. The summed E-state index contributed by atoms with van der Waals surface area (Å²) in [7, 11) is 0. The maximum atomic E-state index is 5.73. The number of nitrogens with zero attached hydrogens (tertiary/aromatic N) is 1. The Morgan fingerprint density at radius 3 is 2.18 bits per heavy atom. The van der Waals surface area contributed by atoms with E-state index in [4.69, 9.17) is 4.74 Å². The Morgan fingerprint density at radius 2 is 1.68 bits per heavy atom. The minimum atomic E-state index is 0. The van der Waals surface area contributed by atoms with E-state index in [9.17, 15) is 0 Å². The van der Waals surface area contributed by atoms with E-state index in [2.05, 4.69) is 55.3 Å². The molecule has 1 N–H and O–H groups in total. The quantitative estimate of drug-likeness (QED) is 0.838. The van der Waals surface area contributed by atoms with Gasteiger partial charge in [0, 0.05) is 32.2 Å². The van der Waals surface area contributed by atoms with Gasteiger partial charge in [0.05, 0.1) is 6.10 Å². The number of halogens is 2. The molecular weight excluding hydrogens is 319 g/mol. The summed E-state index contributed by atoms with van der Waals surface area (Å²) in [5, 5.41) is 3.43. The zero-order chi connectivity index (χ0) is 14.4. The fourth-order valence-electron chi connectivity index (χ4n) is 2.87. The van der Waals surface area contributed by atoms with Crippen LogP contribution in [-0.2, 0) is 0 Å². The van der Waals surface area contributed by atoms with Gasteiger partial charge in [-0.05, 0) is 38.0 Å². The van der Waals surface area contributed by atoms with Gasteiger partial charge < -0.3 is 10.1 Å². The van der Waals surface area contributed by atoms with Crippen molar-refractivity contribution in [1.29, 1.82) is 0 Å². The molecule has 3 nitrogen and oxygen atoms in total. The van der Waals surface area contributed by atoms with Crippen molar-refractivity contribution in [3.63, 3.8) is 0 Å². The van der Waals surface area contributed by atoms with E-state index in [1.54, 1.807) is 0 Å². The highest BCUT2D eigenvalue weighted by atomic mass is 35.5. The van der Waals surface area contributed by atoms with Gasteiger partial charge in [-0.2, -0.15) is 0 Å². The van der Waals surface area contributed by atoms with Crippen molar-refractivity contribution in [2.75, 3.05) is 26.2 Å². The zero-order valence-electron chi connectivity index (χ0n) is 13.9. The Hall–Kier alpha value is -0.480. The van der Waals surface area contributed by atoms with E-state index in [0.717, 1.165) is 31.9 Å². The molecule has 0 unspecified atom stereocenters. The molecule has 1 atom stereocenters. The monoisotopic (exact) mass is 348 g/mol. The topological polar surface area (TPSA) is 24.5 Å². The molecule has 0 aromatic heterocycles. The van der Waals surface area contributed by atoms with Crippen LogP contribution in [0.4, 0.5) is 0 Å². The summed E-state index contributed by atoms with van der Waals surface area (Å²) in [6, 6.07) is 9.25. The second-order valence-electron chi connectivity index (χ2n) is 5.83. The molecule has 5 heteroatoms. The summed E-state index contributed by atoms with van der Waals surface area (Å²) < 4.78 is 5.73. The minimum Gasteiger partial charge on any atom is -0.491 e. The van der Waals surface area contributed by atoms with E-state index >= 15 is 0 Å². The van der Waals surface area contributed by atoms with Crippen LogP contribution in [-0.4, -0.2) is 37.2 Å². The van der Waals surface area contributed by atoms with Crippen molar-refractivity contribution in [3.8, 4) is 5.75 Å². The van der Waals surface area contributed by atoms with Crippen molar-refractivity contribution in [2.45, 2.75) is 45.8 Å². The first-order valence-electron chi connectivity index (χ1n) is 7.92. The van der Waals surface area contributed by atoms with Gasteiger partial charge in [-0.15, -0.1) is 24.8 Å². The maximum Gasteiger partial charge on any atom is 0.119 e. The fourth-order valence-corrected chi connectivity index (χ4v) is 2.87. The maximum absolute atomic E-state index is 5.73. The zero-order valence-corrected chi connectivity index (χ0v) is 15.5. The average Bonchev–Trinajstić information content (AvgIpc) is 2.46. The molecule has 1 aromatic rings. The number of nitrogens with one attached hydrogen (secondary N) is 1. The molecule has 0 amide bonds. The van der Waals surface area contributed by atoms with Crippen molar-refractivity contribution >= 4 is 24.8 Å². The van der Waals surface area contributed by atoms with Crippen molar-refractivity contribution in [2.24, 2.45) is 0 Å². The molecule has 1 heterocycles. The summed E-state index contributed by atoms with van der Waals surface area (Å²) in [6.45, 7) is 10.9. The van der Waals surface area contributed by atoms with Crippen LogP contribution in [0, 0.1) is 0 Å². The van der Waals surface area contributed by atoms with Crippen LogP contribution in [0.25, 0.3) is 0 Å². The summed E-state index contributed by atoms with van der Waals surface area (Å²) >= 11 is 0. The number of hydrogen-bond acceptors (Lipinski definition) is 3. The predicted molar refractivity (Wildman–Crippen MR) is 98.8 cm³/mol. The van der Waals surface area contributed by atoms with E-state index in [1.165, 1.54) is 18.4 Å². The third kappa shape index (κ3) is 6.33. The van der Waals surface area contributed by atoms with E-state index in [-0.39, 0.29) is 30.9 Å². The lowest BCUT2D eigenvalue weighted by atomic mass is 10.00. The van der Waals surface area contributed by atoms with Gasteiger partial charge in [0.1, 0.15) is 5.75 Å². The van der Waals surface area contributed by atoms with Gasteiger partial charge >= 0.3 is 0 Å². The first kappa shape index (κ1) is 21.5. The van der Waals surface area contributed by atoms with Crippen LogP contribution in [0.15, 0.2) is 24.3 Å². The van der Waals surface area contributed by atoms with Gasteiger partial charge in [-0.3, -0.25) is 4.90 Å². The highest BCUT2D eigenvalue weighted by Gasteiger charge is 2.21. The third-order valence-corrected chi connectivity index (χ3v) is 3.79. The molecule has 0 bridgehead atoms. The van der Waals surface area contributed by atoms with Gasteiger partial charge in [0.25, 0.3) is 0 Å². The number of rotatable bonds is 6. The normalized spacial score (nSPS) is 16.5. The summed E-state index contributed by atoms with van der Waals surface area (Å²) in [6.07, 6.45) is 2.68. The second-order valence-corrected chi connectivity index (χ2v) is 5.83. The molecule has 1 fully saturated rings. The molecule has 2 rings (SSSR count). The summed E-state index contributed by atoms with van der Waals surface area (Å²) in [5.74, 6) is 0.972. The van der Waals surface area contributed by atoms with Gasteiger partial charge in [-0.1, -0.05) is 25.5 Å². The number of piperazine rings is 1. The average molecular weight is 349 g/mol. The van der Waals surface area contributed by atoms with Gasteiger partial charge in [0.2, 0.25) is 0 Å². The Bertz CT molecular complexity index is 392. The lowest BCUT2D eigenvalue weighted by molar-refractivity contribution is 0.164. The van der Waals surface area contributed by atoms with E-state index in [1.807, 2.05) is 0 Å². The van der Waals surface area contributed by atoms with Crippen LogP contribution in [0.5, 0.6) is 5.75 Å². The first-order valence-corrected chi connectivity index (χ1v) is 7.92. The number of hydrogen-bond donors (Lipinski definition) is 1. The molecular formula is C17H30Cl2N2O. The van der Waals surface area contributed by atoms with Crippen molar-refractivity contribution < 1.29 is 4.74 Å². The number of benzene rings is 1. The molecule has 1 aliphatic heterocycles. The lowest BCUT2D eigenvalue weighted by Crippen LogP contribution is -2.45. The first-order chi connectivity index (χ1) is 9.70. The molecule has 0 radical (unpaired) electrons. The number of ether oxygens (including phenoxy) is 1. The second kappa shape index (κ2) is 11.1. The Morgan fingerprint density at radius 1 is 1.09 bits per heavy atom. The molecule has 0 saturated carbocycles. The molecule has 22 heavy (non-hydrogen) atoms. The highest BCUT2D eigenvalue weighted by molar-refractivity contribution is 5.85. The molecule has 1 aliphatic rings. The van der Waals surface area contributed by atoms with E-state index < -0.39 is 0 Å². The van der Waals surface area contributed by atoms with Gasteiger partial charge in [-0.25, -0.2) is 0 Å². The smallest absolute Gasteiger partial charge is 0.119 e. The SMILES string of the molecule is CCC[C@@H](c1ccc(OC(C)C)cc1)N1CCNCC1.Cl.Cl. The van der Waals surface area contributed by atoms with Crippen LogP contribution in [0.2, 0.25) is 0 Å². The van der Waals surface area contributed by atoms with E-state index in [0.29, 0.717) is 6.04 Å². The Balaban J connectivity index is 0.00000220. The summed E-state index contributed by atoms with van der Waals surface area (Å²) in [4.78, 5) is 2.61. The van der Waals surface area contributed by atoms with Gasteiger partial charge in [0.15, 0.2) is 0 Å². The Labute approximate surface area is 147 Å². The van der Waals surface area contributed by atoms with Crippen LogP contribution in [0.1, 0.15) is 45.2 Å². The van der Waals surface area contributed by atoms with Crippen molar-refractivity contribution in [1.82, 2.24) is 10.2 Å². The molecule has 0 aliphatic carbocycles. The molecule has 1 saturated heterocycles. The van der Waals surface area contributed by atoms with Crippen LogP contribution >= 0.6 is 24.8 Å². The third-order valence-electron chi connectivity index (χ3n) is 3.79. The van der Waals surface area contributed by atoms with Crippen molar-refractivity contribution in [3.05, 3.63) is 29.8 Å². The molecule has 1 aromatic carbocycles. The summed E-state index contributed by atoms with van der Waals surface area (Å²) in [5.41, 5.74) is 1.42. The van der Waals surface area contributed by atoms with Crippen LogP contribution in [0.3, 0.4) is 0 Å². The standard InChI is InChI=1S/C17H28N2O.2ClH/c1-4-5-17(19-12-10-18-11-13-19)15-6-8-16(9-7-15)20-14(2)3;;/h6-9,14,17-18H,4-5,10-13H2,1-3H3;2*1H/t17-;;/m0../s1. The largest absolute Gasteiger partial charge is 0.491 e. The lowest BCUT2D eigenvalue weighted by Gasteiger charge is -2.35. The van der Waals surface area contributed by atoms with Crippen LogP contribution < -0.4 is 10.1 Å². The molecule has 128 valence electrons. The molecule has 0 spiro atoms. The Kier molecular flexibility index (Phi) is 10.9.